The molecule has 0 spiro atoms. The van der Waals surface area contributed by atoms with Gasteiger partial charge in [0.25, 0.3) is 0 Å². The quantitative estimate of drug-likeness (QED) is 0.178. The molecule has 180 valence electrons. The molecule has 0 aliphatic heterocycles. The Balaban J connectivity index is 1.78. The topological polar surface area (TPSA) is 87.0 Å². The first-order valence-corrected chi connectivity index (χ1v) is 10.8. The lowest BCUT2D eigenvalue weighted by molar-refractivity contribution is -0.136. The van der Waals surface area contributed by atoms with Crippen molar-refractivity contribution in [2.24, 2.45) is 0 Å². The lowest BCUT2D eigenvalue weighted by Gasteiger charge is -2.13. The highest BCUT2D eigenvalue weighted by Crippen LogP contribution is 2.33. The Labute approximate surface area is 205 Å². The van der Waals surface area contributed by atoms with Crippen molar-refractivity contribution in [1.29, 1.82) is 5.26 Å². The lowest BCUT2D eigenvalue weighted by Crippen LogP contribution is -2.18. The van der Waals surface area contributed by atoms with Gasteiger partial charge in [0.2, 0.25) is 0 Å². The molecule has 0 saturated carbocycles. The van der Waals surface area contributed by atoms with E-state index < -0.39 is 5.97 Å². The van der Waals surface area contributed by atoms with Gasteiger partial charge < -0.3 is 23.7 Å². The van der Waals surface area contributed by atoms with Crippen LogP contribution in [0.4, 0.5) is 0 Å². The monoisotopic (exact) mass is 473 g/mol. The molecule has 3 aromatic rings. The number of hydrogen-bond acceptors (Lipinski definition) is 7. The van der Waals surface area contributed by atoms with Gasteiger partial charge in [-0.25, -0.2) is 4.79 Å². The molecule has 7 heteroatoms. The average molecular weight is 474 g/mol. The molecule has 7 nitrogen and oxygen atoms in total. The van der Waals surface area contributed by atoms with Crippen LogP contribution in [0.15, 0.2) is 54.6 Å². The largest absolute Gasteiger partial charge is 0.493 e. The number of rotatable bonds is 9. The van der Waals surface area contributed by atoms with Crippen molar-refractivity contribution in [2.45, 2.75) is 13.8 Å². The van der Waals surface area contributed by atoms with Crippen molar-refractivity contribution in [1.82, 2.24) is 0 Å². The summed E-state index contributed by atoms with van der Waals surface area (Å²) in [5, 5.41) is 9.72. The van der Waals surface area contributed by atoms with Crippen molar-refractivity contribution in [2.75, 3.05) is 27.9 Å². The number of benzene rings is 3. The van der Waals surface area contributed by atoms with E-state index in [-0.39, 0.29) is 12.4 Å². The summed E-state index contributed by atoms with van der Waals surface area (Å²) in [5.74, 6) is 1.80. The summed E-state index contributed by atoms with van der Waals surface area (Å²) < 4.78 is 27.1. The van der Waals surface area contributed by atoms with Gasteiger partial charge in [0.15, 0.2) is 29.6 Å². The minimum Gasteiger partial charge on any atom is -0.493 e. The summed E-state index contributed by atoms with van der Waals surface area (Å²) in [6.07, 6.45) is 1.71. The van der Waals surface area contributed by atoms with Crippen molar-refractivity contribution in [3.8, 4) is 34.8 Å². The van der Waals surface area contributed by atoms with Crippen LogP contribution in [0, 0.1) is 25.2 Å². The van der Waals surface area contributed by atoms with E-state index in [1.165, 1.54) is 14.2 Å². The van der Waals surface area contributed by atoms with Crippen LogP contribution in [-0.2, 0) is 4.79 Å². The van der Waals surface area contributed by atoms with Crippen LogP contribution in [-0.4, -0.2) is 33.9 Å². The van der Waals surface area contributed by atoms with Crippen LogP contribution in [0.1, 0.15) is 22.3 Å². The maximum atomic E-state index is 12.4. The van der Waals surface area contributed by atoms with E-state index in [9.17, 15) is 10.1 Å². The number of ether oxygens (including phenoxy) is 5. The molecule has 0 unspecified atom stereocenters. The smallest absolute Gasteiger partial charge is 0.349 e. The number of carbonyl (C=O) groups excluding carboxylic acids is 1. The molecule has 0 amide bonds. The van der Waals surface area contributed by atoms with Crippen LogP contribution in [0.5, 0.6) is 28.7 Å². The third kappa shape index (κ3) is 6.12. The first kappa shape index (κ1) is 25.2. The molecule has 3 rings (SSSR count). The van der Waals surface area contributed by atoms with E-state index in [2.05, 4.69) is 6.07 Å². The zero-order valence-corrected chi connectivity index (χ0v) is 20.4. The van der Waals surface area contributed by atoms with Gasteiger partial charge in [0.05, 0.1) is 33.0 Å². The normalized spacial score (nSPS) is 10.8. The molecular formula is C28H27NO6. The van der Waals surface area contributed by atoms with Crippen LogP contribution in [0.3, 0.4) is 0 Å². The summed E-state index contributed by atoms with van der Waals surface area (Å²) >= 11 is 0. The Morgan fingerprint density at radius 3 is 2.11 bits per heavy atom. The third-order valence-electron chi connectivity index (χ3n) is 5.28. The molecule has 0 aromatic heterocycles. The molecule has 0 fully saturated rings. The molecule has 0 bridgehead atoms. The van der Waals surface area contributed by atoms with Crippen molar-refractivity contribution >= 4 is 17.6 Å². The van der Waals surface area contributed by atoms with Gasteiger partial charge in [0.1, 0.15) is 5.75 Å². The number of nitrogens with zero attached hydrogens (tertiary/aromatic N) is 1. The van der Waals surface area contributed by atoms with Crippen LogP contribution in [0.25, 0.3) is 11.6 Å². The van der Waals surface area contributed by atoms with Crippen LogP contribution >= 0.6 is 0 Å². The number of para-hydroxylation sites is 1. The third-order valence-corrected chi connectivity index (χ3v) is 5.28. The molecule has 0 N–H and O–H groups in total. The Bertz CT molecular complexity index is 1270. The number of nitriles is 1. The van der Waals surface area contributed by atoms with Gasteiger partial charge in [-0.1, -0.05) is 24.3 Å². The summed E-state index contributed by atoms with van der Waals surface area (Å²) in [6.45, 7) is 3.59. The van der Waals surface area contributed by atoms with Crippen molar-refractivity contribution in [3.63, 3.8) is 0 Å². The van der Waals surface area contributed by atoms with E-state index >= 15 is 0 Å². The number of esters is 1. The fourth-order valence-corrected chi connectivity index (χ4v) is 3.52. The van der Waals surface area contributed by atoms with E-state index in [1.807, 2.05) is 32.0 Å². The number of allylic oxidation sites excluding steroid dienone is 1. The summed E-state index contributed by atoms with van der Waals surface area (Å²) in [4.78, 5) is 12.4. The molecule has 0 aliphatic rings. The van der Waals surface area contributed by atoms with E-state index in [0.717, 1.165) is 11.1 Å². The Morgan fingerprint density at radius 2 is 1.49 bits per heavy atom. The number of carbonyl (C=O) groups is 1. The standard InChI is InChI=1S/C28H27NO6/c1-18-7-6-8-19(2)28(18)34-17-27(30)35-24-11-9-20(14-25(24)32-4)13-22(16-29)21-10-12-23(31-3)26(15-21)33-5/h6-15H,17H2,1-5H3/b22-13-. The van der Waals surface area contributed by atoms with Gasteiger partial charge >= 0.3 is 5.97 Å². The first-order valence-electron chi connectivity index (χ1n) is 10.8. The molecule has 0 saturated heterocycles. The summed E-state index contributed by atoms with van der Waals surface area (Å²) in [5.41, 5.74) is 3.66. The Morgan fingerprint density at radius 1 is 0.857 bits per heavy atom. The second kappa shape index (κ2) is 11.6. The number of methoxy groups -OCH3 is 3. The Hall–Kier alpha value is -4.44. The van der Waals surface area contributed by atoms with Crippen molar-refractivity contribution < 1.29 is 28.5 Å². The van der Waals surface area contributed by atoms with Crippen LogP contribution < -0.4 is 23.7 Å². The SMILES string of the molecule is COc1ccc(/C(C#N)=C\c2ccc(OC(=O)COc3c(C)cccc3C)c(OC)c2)cc1OC. The van der Waals surface area contributed by atoms with E-state index in [1.54, 1.807) is 49.6 Å². The van der Waals surface area contributed by atoms with Crippen molar-refractivity contribution in [3.05, 3.63) is 76.9 Å². The highest BCUT2D eigenvalue weighted by molar-refractivity contribution is 5.90. The second-order valence-corrected chi connectivity index (χ2v) is 7.63. The first-order chi connectivity index (χ1) is 16.9. The van der Waals surface area contributed by atoms with Gasteiger partial charge in [-0.3, -0.25) is 0 Å². The molecular weight excluding hydrogens is 446 g/mol. The lowest BCUT2D eigenvalue weighted by atomic mass is 10.0. The maximum absolute atomic E-state index is 12.4. The molecule has 0 radical (unpaired) electrons. The highest BCUT2D eigenvalue weighted by atomic mass is 16.6. The predicted molar refractivity (Wildman–Crippen MR) is 133 cm³/mol. The van der Waals surface area contributed by atoms with Crippen LogP contribution in [0.2, 0.25) is 0 Å². The summed E-state index contributed by atoms with van der Waals surface area (Å²) in [7, 11) is 4.57. The van der Waals surface area contributed by atoms with E-state index in [0.29, 0.717) is 39.7 Å². The maximum Gasteiger partial charge on any atom is 0.349 e. The molecule has 35 heavy (non-hydrogen) atoms. The molecule has 3 aromatic carbocycles. The minimum atomic E-state index is -0.558. The highest BCUT2D eigenvalue weighted by Gasteiger charge is 2.14. The average Bonchev–Trinajstić information content (AvgIpc) is 2.87. The second-order valence-electron chi connectivity index (χ2n) is 7.63. The fraction of sp³-hybridized carbons (Fsp3) is 0.214. The zero-order chi connectivity index (χ0) is 25.4. The number of hydrogen-bond donors (Lipinski definition) is 0. The Kier molecular flexibility index (Phi) is 8.36. The minimum absolute atomic E-state index is 0.242. The van der Waals surface area contributed by atoms with Gasteiger partial charge in [-0.2, -0.15) is 5.26 Å². The summed E-state index contributed by atoms with van der Waals surface area (Å²) in [6, 6.07) is 18.3. The van der Waals surface area contributed by atoms with Gasteiger partial charge in [0, 0.05) is 0 Å². The number of aryl methyl sites for hydroxylation is 2. The predicted octanol–water partition coefficient (Wildman–Crippen LogP) is 5.38. The molecule has 0 atom stereocenters. The van der Waals surface area contributed by atoms with Gasteiger partial charge in [-0.05, 0) is 72.5 Å². The van der Waals surface area contributed by atoms with E-state index in [4.69, 9.17) is 23.7 Å². The zero-order valence-electron chi connectivity index (χ0n) is 20.4. The molecule has 0 aliphatic carbocycles. The van der Waals surface area contributed by atoms with Gasteiger partial charge in [-0.15, -0.1) is 0 Å². The fourth-order valence-electron chi connectivity index (χ4n) is 3.52. The molecule has 0 heterocycles.